The number of aliphatic hydroxyl groups is 1. The average molecular weight is 279 g/mol. The first-order valence-electron chi connectivity index (χ1n) is 7.50. The fourth-order valence-electron chi connectivity index (χ4n) is 2.75. The Kier molecular flexibility index (Phi) is 5.40. The number of nitrogens with zero attached hydrogens (tertiary/aromatic N) is 3. The molecular weight excluding hydrogens is 254 g/mol. The molecule has 4 N–H and O–H groups in total. The zero-order valence-corrected chi connectivity index (χ0v) is 12.2. The van der Waals surface area contributed by atoms with Crippen LogP contribution >= 0.6 is 0 Å². The molecule has 6 heteroatoms. The van der Waals surface area contributed by atoms with Crippen molar-refractivity contribution >= 4 is 17.6 Å². The van der Waals surface area contributed by atoms with E-state index in [1.807, 2.05) is 6.07 Å². The maximum atomic E-state index is 9.31. The second-order valence-corrected chi connectivity index (χ2v) is 5.25. The van der Waals surface area contributed by atoms with Gasteiger partial charge in [0.1, 0.15) is 11.6 Å². The summed E-state index contributed by atoms with van der Waals surface area (Å²) >= 11 is 0. The Labute approximate surface area is 120 Å². The Morgan fingerprint density at radius 2 is 2.15 bits per heavy atom. The number of rotatable bonds is 7. The first kappa shape index (κ1) is 14.8. The Morgan fingerprint density at radius 3 is 2.80 bits per heavy atom. The molecule has 20 heavy (non-hydrogen) atoms. The van der Waals surface area contributed by atoms with Gasteiger partial charge in [0.05, 0.1) is 6.61 Å². The summed E-state index contributed by atoms with van der Waals surface area (Å²) in [7, 11) is 0. The summed E-state index contributed by atoms with van der Waals surface area (Å²) in [6.07, 6.45) is 5.83. The van der Waals surface area contributed by atoms with Gasteiger partial charge in [0.25, 0.3) is 0 Å². The molecule has 6 nitrogen and oxygen atoms in total. The first-order chi connectivity index (χ1) is 9.74. The number of nitrogens with one attached hydrogen (secondary N) is 1. The molecule has 0 bridgehead atoms. The van der Waals surface area contributed by atoms with Gasteiger partial charge < -0.3 is 21.1 Å². The van der Waals surface area contributed by atoms with Crippen LogP contribution in [0.4, 0.5) is 17.6 Å². The Bertz CT molecular complexity index is 420. The largest absolute Gasteiger partial charge is 0.395 e. The van der Waals surface area contributed by atoms with Crippen LogP contribution in [0.3, 0.4) is 0 Å². The van der Waals surface area contributed by atoms with Gasteiger partial charge in [-0.2, -0.15) is 9.97 Å². The van der Waals surface area contributed by atoms with Crippen LogP contribution in [-0.2, 0) is 0 Å². The average Bonchev–Trinajstić information content (AvgIpc) is 2.95. The van der Waals surface area contributed by atoms with Crippen LogP contribution in [0.15, 0.2) is 6.07 Å². The van der Waals surface area contributed by atoms with Crippen LogP contribution in [0.5, 0.6) is 0 Å². The molecule has 1 saturated carbocycles. The van der Waals surface area contributed by atoms with Crippen LogP contribution in [0.1, 0.15) is 39.0 Å². The van der Waals surface area contributed by atoms with E-state index in [-0.39, 0.29) is 12.6 Å². The lowest BCUT2D eigenvalue weighted by atomic mass is 10.2. The molecule has 1 aliphatic rings. The summed E-state index contributed by atoms with van der Waals surface area (Å²) < 4.78 is 0. The van der Waals surface area contributed by atoms with Crippen molar-refractivity contribution in [3.8, 4) is 0 Å². The molecule has 1 heterocycles. The number of anilines is 3. The van der Waals surface area contributed by atoms with Gasteiger partial charge in [-0.05, 0) is 19.3 Å². The molecular formula is C14H25N5O. The molecule has 112 valence electrons. The molecule has 0 aromatic carbocycles. The standard InChI is InChI=1S/C14H25N5O/c1-2-7-16-12-10-13(18-14(15)17-12)19(8-9-20)11-5-3-4-6-11/h10-11,20H,2-9H2,1H3,(H3,15,16,17,18). The van der Waals surface area contributed by atoms with Gasteiger partial charge in [-0.15, -0.1) is 0 Å². The highest BCUT2D eigenvalue weighted by Gasteiger charge is 2.24. The summed E-state index contributed by atoms with van der Waals surface area (Å²) in [5, 5.41) is 12.5. The molecule has 0 atom stereocenters. The van der Waals surface area contributed by atoms with Gasteiger partial charge >= 0.3 is 0 Å². The molecule has 1 aromatic rings. The van der Waals surface area contributed by atoms with E-state index in [0.717, 1.165) is 37.4 Å². The van der Waals surface area contributed by atoms with Crippen LogP contribution in [0, 0.1) is 0 Å². The predicted octanol–water partition coefficient (Wildman–Crippen LogP) is 1.62. The van der Waals surface area contributed by atoms with E-state index in [1.165, 1.54) is 12.8 Å². The van der Waals surface area contributed by atoms with Gasteiger partial charge in [-0.25, -0.2) is 0 Å². The fourth-order valence-corrected chi connectivity index (χ4v) is 2.75. The van der Waals surface area contributed by atoms with E-state index in [1.54, 1.807) is 0 Å². The normalized spacial score (nSPS) is 15.5. The quantitative estimate of drug-likeness (QED) is 0.703. The molecule has 2 rings (SSSR count). The minimum Gasteiger partial charge on any atom is -0.395 e. The smallest absolute Gasteiger partial charge is 0.223 e. The van der Waals surface area contributed by atoms with E-state index < -0.39 is 0 Å². The maximum Gasteiger partial charge on any atom is 0.223 e. The van der Waals surface area contributed by atoms with Gasteiger partial charge in [-0.3, -0.25) is 0 Å². The van der Waals surface area contributed by atoms with Crippen molar-refractivity contribution in [2.24, 2.45) is 0 Å². The van der Waals surface area contributed by atoms with Crippen molar-refractivity contribution in [2.75, 3.05) is 35.6 Å². The Balaban J connectivity index is 2.19. The SMILES string of the molecule is CCCNc1cc(N(CCO)C2CCCC2)nc(N)n1. The van der Waals surface area contributed by atoms with E-state index in [4.69, 9.17) is 5.73 Å². The van der Waals surface area contributed by atoms with Crippen molar-refractivity contribution in [3.05, 3.63) is 6.07 Å². The van der Waals surface area contributed by atoms with Crippen molar-refractivity contribution in [2.45, 2.75) is 45.1 Å². The molecule has 0 saturated heterocycles. The van der Waals surface area contributed by atoms with E-state index in [9.17, 15) is 5.11 Å². The number of hydrogen-bond acceptors (Lipinski definition) is 6. The lowest BCUT2D eigenvalue weighted by Gasteiger charge is -2.29. The van der Waals surface area contributed by atoms with Crippen molar-refractivity contribution < 1.29 is 5.11 Å². The third kappa shape index (κ3) is 3.72. The lowest BCUT2D eigenvalue weighted by molar-refractivity contribution is 0.297. The van der Waals surface area contributed by atoms with Gasteiger partial charge in [0.15, 0.2) is 0 Å². The zero-order valence-electron chi connectivity index (χ0n) is 12.2. The number of aliphatic hydroxyl groups excluding tert-OH is 1. The monoisotopic (exact) mass is 279 g/mol. The van der Waals surface area contributed by atoms with Crippen molar-refractivity contribution in [3.63, 3.8) is 0 Å². The minimum absolute atomic E-state index is 0.123. The Hall–Kier alpha value is -1.56. The Morgan fingerprint density at radius 1 is 1.40 bits per heavy atom. The van der Waals surface area contributed by atoms with Gasteiger partial charge in [0.2, 0.25) is 5.95 Å². The molecule has 0 unspecified atom stereocenters. The summed E-state index contributed by atoms with van der Waals surface area (Å²) in [6.45, 7) is 3.68. The third-order valence-electron chi connectivity index (χ3n) is 3.69. The molecule has 1 aliphatic carbocycles. The van der Waals surface area contributed by atoms with E-state index in [0.29, 0.717) is 12.6 Å². The van der Waals surface area contributed by atoms with Crippen molar-refractivity contribution in [1.29, 1.82) is 0 Å². The number of nitrogen functional groups attached to an aromatic ring is 1. The topological polar surface area (TPSA) is 87.3 Å². The van der Waals surface area contributed by atoms with Gasteiger partial charge in [-0.1, -0.05) is 19.8 Å². The zero-order chi connectivity index (χ0) is 14.4. The first-order valence-corrected chi connectivity index (χ1v) is 7.50. The molecule has 0 amide bonds. The van der Waals surface area contributed by atoms with Gasteiger partial charge in [0, 0.05) is 25.2 Å². The fraction of sp³-hybridized carbons (Fsp3) is 0.714. The van der Waals surface area contributed by atoms with Crippen LogP contribution < -0.4 is 16.0 Å². The van der Waals surface area contributed by atoms with E-state index >= 15 is 0 Å². The van der Waals surface area contributed by atoms with Crippen molar-refractivity contribution in [1.82, 2.24) is 9.97 Å². The van der Waals surface area contributed by atoms with Crippen LogP contribution in [-0.4, -0.2) is 40.8 Å². The highest BCUT2D eigenvalue weighted by molar-refractivity contribution is 5.53. The summed E-state index contributed by atoms with van der Waals surface area (Å²) in [5.74, 6) is 1.86. The third-order valence-corrected chi connectivity index (χ3v) is 3.69. The predicted molar refractivity (Wildman–Crippen MR) is 81.9 cm³/mol. The summed E-state index contributed by atoms with van der Waals surface area (Å²) in [4.78, 5) is 10.7. The number of hydrogen-bond donors (Lipinski definition) is 3. The second-order valence-electron chi connectivity index (χ2n) is 5.25. The van der Waals surface area contributed by atoms with Crippen LogP contribution in [0.25, 0.3) is 0 Å². The molecule has 0 aliphatic heterocycles. The molecule has 0 radical (unpaired) electrons. The highest BCUT2D eigenvalue weighted by atomic mass is 16.3. The van der Waals surface area contributed by atoms with Crippen LogP contribution in [0.2, 0.25) is 0 Å². The second kappa shape index (κ2) is 7.28. The highest BCUT2D eigenvalue weighted by Crippen LogP contribution is 2.28. The minimum atomic E-state index is 0.123. The number of nitrogens with two attached hydrogens (primary N) is 1. The summed E-state index contributed by atoms with van der Waals surface area (Å²) in [6, 6.07) is 2.38. The summed E-state index contributed by atoms with van der Waals surface area (Å²) in [5.41, 5.74) is 5.81. The molecule has 0 spiro atoms. The lowest BCUT2D eigenvalue weighted by Crippen LogP contribution is -2.36. The maximum absolute atomic E-state index is 9.31. The van der Waals surface area contributed by atoms with E-state index in [2.05, 4.69) is 27.1 Å². The number of aromatic nitrogens is 2. The molecule has 1 aromatic heterocycles. The molecule has 1 fully saturated rings.